The molecule has 0 atom stereocenters. The quantitative estimate of drug-likeness (QED) is 0.878. The first-order valence-electron chi connectivity index (χ1n) is 6.19. The fourth-order valence-corrected chi connectivity index (χ4v) is 2.61. The number of amides is 1. The van der Waals surface area contributed by atoms with Gasteiger partial charge >= 0.3 is 0 Å². The molecule has 2 aromatic heterocycles. The average molecular weight is 274 g/mol. The van der Waals surface area contributed by atoms with Crippen LogP contribution in [0.2, 0.25) is 0 Å². The molecule has 2 N–H and O–H groups in total. The second kappa shape index (κ2) is 5.46. The molecule has 0 saturated carbocycles. The van der Waals surface area contributed by atoms with Crippen molar-refractivity contribution < 1.29 is 4.79 Å². The molecule has 3 heterocycles. The normalized spacial score (nSPS) is 14.9. The van der Waals surface area contributed by atoms with Crippen molar-refractivity contribution >= 4 is 17.2 Å². The van der Waals surface area contributed by atoms with Crippen LogP contribution in [0.15, 0.2) is 30.6 Å². The summed E-state index contributed by atoms with van der Waals surface area (Å²) in [6.07, 6.45) is 3.34. The molecule has 0 unspecified atom stereocenters. The van der Waals surface area contributed by atoms with Crippen molar-refractivity contribution in [3.8, 4) is 10.7 Å². The van der Waals surface area contributed by atoms with E-state index in [2.05, 4.69) is 20.6 Å². The molecule has 0 radical (unpaired) electrons. The van der Waals surface area contributed by atoms with Crippen molar-refractivity contribution in [3.05, 3.63) is 35.5 Å². The van der Waals surface area contributed by atoms with Crippen LogP contribution in [-0.4, -0.2) is 35.5 Å². The van der Waals surface area contributed by atoms with E-state index >= 15 is 0 Å². The van der Waals surface area contributed by atoms with Gasteiger partial charge in [-0.15, -0.1) is 11.3 Å². The van der Waals surface area contributed by atoms with Gasteiger partial charge in [0.25, 0.3) is 5.91 Å². The van der Waals surface area contributed by atoms with Crippen molar-refractivity contribution in [3.63, 3.8) is 0 Å². The molecule has 2 aromatic rings. The van der Waals surface area contributed by atoms with Crippen LogP contribution >= 0.6 is 11.3 Å². The highest BCUT2D eigenvalue weighted by molar-refractivity contribution is 7.16. The minimum Gasteiger partial charge on any atom is -0.351 e. The number of pyridine rings is 1. The summed E-state index contributed by atoms with van der Waals surface area (Å²) >= 11 is 1.37. The second-order valence-electron chi connectivity index (χ2n) is 4.48. The third-order valence-electron chi connectivity index (χ3n) is 3.03. The van der Waals surface area contributed by atoms with Gasteiger partial charge in [0.15, 0.2) is 0 Å². The number of rotatable bonds is 4. The number of hydrogen-bond donors (Lipinski definition) is 2. The highest BCUT2D eigenvalue weighted by Gasteiger charge is 2.18. The number of carbonyl (C=O) groups is 1. The van der Waals surface area contributed by atoms with E-state index in [9.17, 15) is 4.79 Å². The Kier molecular flexibility index (Phi) is 3.52. The first-order chi connectivity index (χ1) is 9.33. The van der Waals surface area contributed by atoms with Crippen molar-refractivity contribution in [1.29, 1.82) is 0 Å². The van der Waals surface area contributed by atoms with Crippen molar-refractivity contribution in [1.82, 2.24) is 20.6 Å². The van der Waals surface area contributed by atoms with Crippen LogP contribution in [0.1, 0.15) is 9.67 Å². The SMILES string of the molecule is O=C(NCC1CNC1)c1cnc(-c2ccccn2)s1. The smallest absolute Gasteiger partial charge is 0.263 e. The Labute approximate surface area is 115 Å². The number of nitrogens with one attached hydrogen (secondary N) is 2. The summed E-state index contributed by atoms with van der Waals surface area (Å²) < 4.78 is 0. The summed E-state index contributed by atoms with van der Waals surface area (Å²) in [5.74, 6) is 0.513. The van der Waals surface area contributed by atoms with Gasteiger partial charge < -0.3 is 10.6 Å². The van der Waals surface area contributed by atoms with Gasteiger partial charge in [0.2, 0.25) is 0 Å². The Balaban J connectivity index is 1.65. The van der Waals surface area contributed by atoms with E-state index in [0.29, 0.717) is 10.8 Å². The monoisotopic (exact) mass is 274 g/mol. The Hall–Kier alpha value is -1.79. The van der Waals surface area contributed by atoms with Gasteiger partial charge in [-0.2, -0.15) is 0 Å². The zero-order valence-corrected chi connectivity index (χ0v) is 11.1. The summed E-state index contributed by atoms with van der Waals surface area (Å²) in [5.41, 5.74) is 0.801. The summed E-state index contributed by atoms with van der Waals surface area (Å²) in [7, 11) is 0. The Bertz CT molecular complexity index is 565. The molecule has 1 fully saturated rings. The highest BCUT2D eigenvalue weighted by atomic mass is 32.1. The fraction of sp³-hybridized carbons (Fsp3) is 0.308. The summed E-state index contributed by atoms with van der Waals surface area (Å²) in [5, 5.41) is 6.89. The summed E-state index contributed by atoms with van der Waals surface area (Å²) in [6.45, 7) is 2.70. The van der Waals surface area contributed by atoms with E-state index in [1.807, 2.05) is 18.2 Å². The van der Waals surface area contributed by atoms with Gasteiger partial charge in [0.1, 0.15) is 9.88 Å². The van der Waals surface area contributed by atoms with Gasteiger partial charge in [0.05, 0.1) is 11.9 Å². The second-order valence-corrected chi connectivity index (χ2v) is 5.51. The molecule has 0 aliphatic carbocycles. The lowest BCUT2D eigenvalue weighted by Gasteiger charge is -2.26. The molecule has 3 rings (SSSR count). The molecule has 1 aliphatic heterocycles. The van der Waals surface area contributed by atoms with Gasteiger partial charge in [-0.25, -0.2) is 4.98 Å². The number of aromatic nitrogens is 2. The zero-order valence-electron chi connectivity index (χ0n) is 10.3. The standard InChI is InChI=1S/C13H14N4OS/c18-12(16-7-9-5-14-6-9)11-8-17-13(19-11)10-3-1-2-4-15-10/h1-4,8-9,14H,5-7H2,(H,16,18). The largest absolute Gasteiger partial charge is 0.351 e. The molecule has 1 aliphatic rings. The van der Waals surface area contributed by atoms with Crippen LogP contribution in [0.4, 0.5) is 0 Å². The first kappa shape index (κ1) is 12.3. The Morgan fingerprint density at radius 2 is 2.32 bits per heavy atom. The Morgan fingerprint density at radius 3 is 3.00 bits per heavy atom. The minimum absolute atomic E-state index is 0.0495. The molecular formula is C13H14N4OS. The molecule has 0 aromatic carbocycles. The molecule has 0 spiro atoms. The summed E-state index contributed by atoms with van der Waals surface area (Å²) in [4.78, 5) is 21.1. The third-order valence-corrected chi connectivity index (χ3v) is 4.05. The van der Waals surface area contributed by atoms with Crippen LogP contribution in [0, 0.1) is 5.92 Å². The maximum absolute atomic E-state index is 12.0. The van der Waals surface area contributed by atoms with Crippen LogP contribution in [0.3, 0.4) is 0 Å². The van der Waals surface area contributed by atoms with Crippen molar-refractivity contribution in [2.45, 2.75) is 0 Å². The van der Waals surface area contributed by atoms with E-state index in [1.165, 1.54) is 11.3 Å². The lowest BCUT2D eigenvalue weighted by Crippen LogP contribution is -2.48. The highest BCUT2D eigenvalue weighted by Crippen LogP contribution is 2.22. The number of hydrogen-bond acceptors (Lipinski definition) is 5. The number of nitrogens with zero attached hydrogens (tertiary/aromatic N) is 2. The molecule has 6 heteroatoms. The molecular weight excluding hydrogens is 260 g/mol. The molecule has 98 valence electrons. The Morgan fingerprint density at radius 1 is 1.42 bits per heavy atom. The number of thiazole rings is 1. The molecule has 5 nitrogen and oxygen atoms in total. The maximum Gasteiger partial charge on any atom is 0.263 e. The third kappa shape index (κ3) is 2.80. The van der Waals surface area contributed by atoms with Gasteiger partial charge in [-0.05, 0) is 12.1 Å². The van der Waals surface area contributed by atoms with Gasteiger partial charge in [-0.1, -0.05) is 6.07 Å². The number of carbonyl (C=O) groups excluding carboxylic acids is 1. The topological polar surface area (TPSA) is 66.9 Å². The van der Waals surface area contributed by atoms with Crippen molar-refractivity contribution in [2.75, 3.05) is 19.6 Å². The van der Waals surface area contributed by atoms with Crippen LogP contribution in [0.25, 0.3) is 10.7 Å². The van der Waals surface area contributed by atoms with Gasteiger partial charge in [-0.3, -0.25) is 9.78 Å². The van der Waals surface area contributed by atoms with E-state index in [-0.39, 0.29) is 5.91 Å². The zero-order chi connectivity index (χ0) is 13.1. The van der Waals surface area contributed by atoms with E-state index in [1.54, 1.807) is 12.4 Å². The lowest BCUT2D eigenvalue weighted by molar-refractivity contribution is 0.0946. The molecule has 0 bridgehead atoms. The fourth-order valence-electron chi connectivity index (χ4n) is 1.80. The van der Waals surface area contributed by atoms with Gasteiger partial charge in [0, 0.05) is 31.7 Å². The predicted molar refractivity (Wildman–Crippen MR) is 74.0 cm³/mol. The molecule has 1 saturated heterocycles. The molecule has 1 amide bonds. The average Bonchev–Trinajstić information content (AvgIpc) is 2.87. The van der Waals surface area contributed by atoms with Crippen molar-refractivity contribution in [2.24, 2.45) is 5.92 Å². The lowest BCUT2D eigenvalue weighted by atomic mass is 10.0. The van der Waals surface area contributed by atoms with E-state index < -0.39 is 0 Å². The van der Waals surface area contributed by atoms with E-state index in [4.69, 9.17) is 0 Å². The predicted octanol–water partition coefficient (Wildman–Crippen LogP) is 1.15. The minimum atomic E-state index is -0.0495. The van der Waals surface area contributed by atoms with E-state index in [0.717, 1.165) is 30.3 Å². The summed E-state index contributed by atoms with van der Waals surface area (Å²) in [6, 6.07) is 5.66. The first-order valence-corrected chi connectivity index (χ1v) is 7.01. The van der Waals surface area contributed by atoms with Crippen LogP contribution in [0.5, 0.6) is 0 Å². The maximum atomic E-state index is 12.0. The van der Waals surface area contributed by atoms with Crippen LogP contribution < -0.4 is 10.6 Å². The van der Waals surface area contributed by atoms with Crippen LogP contribution in [-0.2, 0) is 0 Å². The molecule has 19 heavy (non-hydrogen) atoms.